The molecule has 1 aromatic carbocycles. The van der Waals surface area contributed by atoms with Gasteiger partial charge in [-0.1, -0.05) is 37.3 Å². The molecule has 0 fully saturated rings. The fraction of sp³-hybridized carbons (Fsp3) is 0.312. The van der Waals surface area contributed by atoms with Gasteiger partial charge in [0.1, 0.15) is 11.5 Å². The van der Waals surface area contributed by atoms with Crippen LogP contribution in [-0.4, -0.2) is 37.7 Å². The third kappa shape index (κ3) is 3.65. The summed E-state index contributed by atoms with van der Waals surface area (Å²) in [4.78, 5) is 28.5. The van der Waals surface area contributed by atoms with Gasteiger partial charge >= 0.3 is 0 Å². The molecule has 24 heavy (non-hydrogen) atoms. The van der Waals surface area contributed by atoms with Gasteiger partial charge in [0, 0.05) is 19.3 Å². The van der Waals surface area contributed by atoms with E-state index in [0.717, 1.165) is 5.56 Å². The van der Waals surface area contributed by atoms with Gasteiger partial charge in [-0.2, -0.15) is 10.1 Å². The van der Waals surface area contributed by atoms with Gasteiger partial charge < -0.3 is 0 Å². The van der Waals surface area contributed by atoms with Crippen molar-refractivity contribution < 1.29 is 9.59 Å². The van der Waals surface area contributed by atoms with E-state index in [-0.39, 0.29) is 24.2 Å². The summed E-state index contributed by atoms with van der Waals surface area (Å²) >= 11 is 0. The average molecular weight is 326 g/mol. The quantitative estimate of drug-likeness (QED) is 0.868. The maximum absolute atomic E-state index is 12.3. The van der Waals surface area contributed by atoms with Crippen molar-refractivity contribution in [3.8, 4) is 0 Å². The van der Waals surface area contributed by atoms with Crippen molar-refractivity contribution in [2.45, 2.75) is 32.7 Å². The Hall–Kier alpha value is -3.03. The summed E-state index contributed by atoms with van der Waals surface area (Å²) in [5.74, 6) is 0.423. The van der Waals surface area contributed by atoms with E-state index in [2.05, 4.69) is 25.6 Å². The van der Waals surface area contributed by atoms with Gasteiger partial charge in [-0.15, -0.1) is 5.10 Å². The highest BCUT2D eigenvalue weighted by atomic mass is 16.2. The molecule has 0 aliphatic carbocycles. The number of aryl methyl sites for hydroxylation is 1. The van der Waals surface area contributed by atoms with Gasteiger partial charge in [0.05, 0.1) is 6.54 Å². The molecule has 0 saturated carbocycles. The standard InChI is InChI=1S/C16H18N6O2/c1-2-13-17-16(20-19-13)18-15(24)12-8-9-14(23)22(21-12)10-11-6-4-3-5-7-11/h3-7H,2,8-10H2,1H3,(H2,17,18,19,20,24). The predicted octanol–water partition coefficient (Wildman–Crippen LogP) is 1.48. The van der Waals surface area contributed by atoms with Crippen molar-refractivity contribution in [1.29, 1.82) is 0 Å². The van der Waals surface area contributed by atoms with Gasteiger partial charge in [0.25, 0.3) is 5.91 Å². The molecule has 8 heteroatoms. The molecule has 8 nitrogen and oxygen atoms in total. The summed E-state index contributed by atoms with van der Waals surface area (Å²) < 4.78 is 0. The molecule has 0 unspecified atom stereocenters. The fourth-order valence-electron chi connectivity index (χ4n) is 2.33. The van der Waals surface area contributed by atoms with Gasteiger partial charge in [-0.3, -0.25) is 20.0 Å². The highest BCUT2D eigenvalue weighted by Crippen LogP contribution is 2.14. The predicted molar refractivity (Wildman–Crippen MR) is 88.1 cm³/mol. The number of nitrogens with zero attached hydrogens (tertiary/aromatic N) is 4. The number of nitrogens with one attached hydrogen (secondary N) is 2. The van der Waals surface area contributed by atoms with Crippen LogP contribution in [0, 0.1) is 0 Å². The van der Waals surface area contributed by atoms with E-state index in [1.165, 1.54) is 5.01 Å². The second-order valence-electron chi connectivity index (χ2n) is 5.40. The van der Waals surface area contributed by atoms with Crippen molar-refractivity contribution in [2.75, 3.05) is 5.32 Å². The van der Waals surface area contributed by atoms with Crippen LogP contribution >= 0.6 is 0 Å². The number of aromatic amines is 1. The van der Waals surface area contributed by atoms with Crippen molar-refractivity contribution in [2.24, 2.45) is 5.10 Å². The molecular weight excluding hydrogens is 308 g/mol. The SMILES string of the molecule is CCc1nc(NC(=O)C2=NN(Cc3ccccc3)C(=O)CC2)n[nH]1. The number of aromatic nitrogens is 3. The third-order valence-corrected chi connectivity index (χ3v) is 3.63. The fourth-order valence-corrected chi connectivity index (χ4v) is 2.33. The van der Waals surface area contributed by atoms with Crippen LogP contribution in [-0.2, 0) is 22.6 Å². The van der Waals surface area contributed by atoms with Crippen molar-refractivity contribution >= 4 is 23.5 Å². The second kappa shape index (κ2) is 7.03. The van der Waals surface area contributed by atoms with E-state index in [4.69, 9.17) is 0 Å². The van der Waals surface area contributed by atoms with E-state index < -0.39 is 0 Å². The van der Waals surface area contributed by atoms with Crippen LogP contribution in [0.5, 0.6) is 0 Å². The molecular formula is C16H18N6O2. The first-order chi connectivity index (χ1) is 11.7. The Morgan fingerprint density at radius 2 is 2.08 bits per heavy atom. The maximum atomic E-state index is 12.3. The highest BCUT2D eigenvalue weighted by molar-refractivity contribution is 6.43. The zero-order valence-corrected chi connectivity index (χ0v) is 13.3. The second-order valence-corrected chi connectivity index (χ2v) is 5.40. The lowest BCUT2D eigenvalue weighted by Gasteiger charge is -2.23. The molecule has 2 amide bonds. The van der Waals surface area contributed by atoms with Crippen molar-refractivity contribution in [3.05, 3.63) is 41.7 Å². The topological polar surface area (TPSA) is 103 Å². The van der Waals surface area contributed by atoms with E-state index in [1.54, 1.807) is 0 Å². The Morgan fingerprint density at radius 3 is 2.79 bits per heavy atom. The molecule has 2 heterocycles. The number of hydrazone groups is 1. The smallest absolute Gasteiger partial charge is 0.274 e. The largest absolute Gasteiger partial charge is 0.288 e. The summed E-state index contributed by atoms with van der Waals surface area (Å²) in [6.45, 7) is 2.28. The molecule has 0 spiro atoms. The number of rotatable bonds is 5. The molecule has 3 rings (SSSR count). The molecule has 1 aliphatic heterocycles. The number of amides is 2. The Morgan fingerprint density at radius 1 is 1.29 bits per heavy atom. The van der Waals surface area contributed by atoms with E-state index in [9.17, 15) is 9.59 Å². The van der Waals surface area contributed by atoms with Crippen LogP contribution in [0.4, 0.5) is 5.95 Å². The minimum atomic E-state index is -0.387. The highest BCUT2D eigenvalue weighted by Gasteiger charge is 2.25. The number of hydrogen-bond donors (Lipinski definition) is 2. The Labute approximate surface area is 139 Å². The molecule has 0 radical (unpaired) electrons. The minimum absolute atomic E-state index is 0.0958. The summed E-state index contributed by atoms with van der Waals surface area (Å²) in [6.07, 6.45) is 1.26. The Kier molecular flexibility index (Phi) is 4.64. The molecule has 0 atom stereocenters. The lowest BCUT2D eigenvalue weighted by Crippen LogP contribution is -2.36. The lowest BCUT2D eigenvalue weighted by atomic mass is 10.1. The number of benzene rings is 1. The summed E-state index contributed by atoms with van der Waals surface area (Å²) in [6, 6.07) is 9.53. The normalized spacial score (nSPS) is 14.5. The molecule has 2 aromatic rings. The van der Waals surface area contributed by atoms with Gasteiger partial charge in [0.2, 0.25) is 11.9 Å². The van der Waals surface area contributed by atoms with Crippen LogP contribution in [0.15, 0.2) is 35.4 Å². The molecule has 1 aromatic heterocycles. The number of carbonyl (C=O) groups is 2. The summed E-state index contributed by atoms with van der Waals surface area (Å²) in [7, 11) is 0. The first kappa shape index (κ1) is 15.9. The van der Waals surface area contributed by atoms with Crippen LogP contribution in [0.25, 0.3) is 0 Å². The lowest BCUT2D eigenvalue weighted by molar-refractivity contribution is -0.132. The van der Waals surface area contributed by atoms with Crippen molar-refractivity contribution in [3.63, 3.8) is 0 Å². The summed E-state index contributed by atoms with van der Waals surface area (Å²) in [5, 5.41) is 14.8. The van der Waals surface area contributed by atoms with E-state index in [0.29, 0.717) is 30.9 Å². The van der Waals surface area contributed by atoms with Crippen LogP contribution in [0.3, 0.4) is 0 Å². The minimum Gasteiger partial charge on any atom is -0.288 e. The third-order valence-electron chi connectivity index (χ3n) is 3.63. The molecule has 0 bridgehead atoms. The first-order valence-corrected chi connectivity index (χ1v) is 7.80. The molecule has 0 saturated heterocycles. The number of H-pyrrole nitrogens is 1. The average Bonchev–Trinajstić information content (AvgIpc) is 3.05. The number of hydrogen-bond acceptors (Lipinski definition) is 5. The Bertz CT molecular complexity index is 768. The van der Waals surface area contributed by atoms with E-state index in [1.807, 2.05) is 37.3 Å². The number of carbonyl (C=O) groups excluding carboxylic acids is 2. The van der Waals surface area contributed by atoms with Gasteiger partial charge in [-0.25, -0.2) is 5.01 Å². The Balaban J connectivity index is 1.70. The van der Waals surface area contributed by atoms with Crippen LogP contribution < -0.4 is 5.32 Å². The monoisotopic (exact) mass is 326 g/mol. The van der Waals surface area contributed by atoms with Gasteiger partial charge in [-0.05, 0) is 5.56 Å². The summed E-state index contributed by atoms with van der Waals surface area (Å²) in [5.41, 5.74) is 1.26. The zero-order valence-electron chi connectivity index (χ0n) is 13.3. The van der Waals surface area contributed by atoms with Crippen LogP contribution in [0.2, 0.25) is 0 Å². The number of anilines is 1. The molecule has 124 valence electrons. The van der Waals surface area contributed by atoms with Crippen LogP contribution in [0.1, 0.15) is 31.2 Å². The maximum Gasteiger partial charge on any atom is 0.274 e. The molecule has 2 N–H and O–H groups in total. The van der Waals surface area contributed by atoms with Crippen molar-refractivity contribution in [1.82, 2.24) is 20.2 Å². The zero-order chi connectivity index (χ0) is 16.9. The first-order valence-electron chi connectivity index (χ1n) is 7.80. The molecule has 1 aliphatic rings. The van der Waals surface area contributed by atoms with Gasteiger partial charge in [0.15, 0.2) is 0 Å². The van der Waals surface area contributed by atoms with E-state index >= 15 is 0 Å².